The Morgan fingerprint density at radius 2 is 2.14 bits per heavy atom. The highest BCUT2D eigenvalue weighted by Gasteiger charge is 2.10. The number of aryl methyl sites for hydroxylation is 2. The lowest BCUT2D eigenvalue weighted by atomic mass is 10.2. The second-order valence-electron chi connectivity index (χ2n) is 5.57. The Kier molecular flexibility index (Phi) is 4.85. The first kappa shape index (κ1) is 15.2. The van der Waals surface area contributed by atoms with Crippen LogP contribution in [0.3, 0.4) is 0 Å². The summed E-state index contributed by atoms with van der Waals surface area (Å²) in [5, 5.41) is 4.75. The third-order valence-corrected chi connectivity index (χ3v) is 5.10. The summed E-state index contributed by atoms with van der Waals surface area (Å²) in [6.07, 6.45) is 6.24. The summed E-state index contributed by atoms with van der Waals surface area (Å²) in [6.45, 7) is 6.30. The lowest BCUT2D eigenvalue weighted by Gasteiger charge is -2.11. The number of aromatic nitrogens is 3. The summed E-state index contributed by atoms with van der Waals surface area (Å²) < 4.78 is 3.47. The Morgan fingerprint density at radius 1 is 1.27 bits per heavy atom. The summed E-state index contributed by atoms with van der Waals surface area (Å²) in [5.74, 6) is 1.09. The second-order valence-corrected chi connectivity index (χ2v) is 6.63. The fourth-order valence-electron chi connectivity index (χ4n) is 2.53. The molecule has 22 heavy (non-hydrogen) atoms. The number of thiazole rings is 1. The van der Waals surface area contributed by atoms with Gasteiger partial charge >= 0.3 is 0 Å². The molecule has 3 rings (SSSR count). The average molecular weight is 314 g/mol. The van der Waals surface area contributed by atoms with Crippen LogP contribution in [0.5, 0.6) is 0 Å². The Bertz CT molecular complexity index is 698. The largest absolute Gasteiger partial charge is 0.335 e. The number of nitrogens with zero attached hydrogens (tertiary/aromatic N) is 3. The van der Waals surface area contributed by atoms with Crippen molar-refractivity contribution in [1.29, 1.82) is 0 Å². The molecule has 0 aliphatic rings. The summed E-state index contributed by atoms with van der Waals surface area (Å²) in [7, 11) is 0. The molecule has 0 aliphatic heterocycles. The highest BCUT2D eigenvalue weighted by molar-refractivity contribution is 7.18. The molecule has 0 aliphatic carbocycles. The van der Waals surface area contributed by atoms with Crippen LogP contribution in [0, 0.1) is 6.92 Å². The van der Waals surface area contributed by atoms with Crippen molar-refractivity contribution in [2.75, 3.05) is 6.54 Å². The molecule has 116 valence electrons. The van der Waals surface area contributed by atoms with Gasteiger partial charge in [-0.15, -0.1) is 11.3 Å². The van der Waals surface area contributed by atoms with Crippen LogP contribution in [-0.2, 0) is 6.54 Å². The minimum atomic E-state index is 0.312. The van der Waals surface area contributed by atoms with Crippen molar-refractivity contribution < 1.29 is 0 Å². The molecule has 1 N–H and O–H groups in total. The van der Waals surface area contributed by atoms with Crippen LogP contribution in [0.15, 0.2) is 36.7 Å². The van der Waals surface area contributed by atoms with Gasteiger partial charge in [0.25, 0.3) is 0 Å². The molecule has 1 atom stereocenters. The number of unbranched alkanes of at least 4 members (excludes halogenated alkanes) is 1. The van der Waals surface area contributed by atoms with Crippen molar-refractivity contribution >= 4 is 21.6 Å². The molecule has 0 saturated carbocycles. The van der Waals surface area contributed by atoms with E-state index in [-0.39, 0.29) is 0 Å². The Balaban J connectivity index is 1.44. The van der Waals surface area contributed by atoms with Gasteiger partial charge in [-0.1, -0.05) is 12.1 Å². The van der Waals surface area contributed by atoms with E-state index in [4.69, 9.17) is 4.98 Å². The number of fused-ring (bicyclic) bond motifs is 1. The lowest BCUT2D eigenvalue weighted by Crippen LogP contribution is -2.20. The van der Waals surface area contributed by atoms with Crippen molar-refractivity contribution in [3.63, 3.8) is 0 Å². The Labute approximate surface area is 135 Å². The number of rotatable bonds is 7. The molecule has 0 radical (unpaired) electrons. The number of para-hydroxylation sites is 1. The maximum atomic E-state index is 4.71. The average Bonchev–Trinajstić information content (AvgIpc) is 3.13. The van der Waals surface area contributed by atoms with Gasteiger partial charge in [-0.3, -0.25) is 0 Å². The topological polar surface area (TPSA) is 42.7 Å². The van der Waals surface area contributed by atoms with E-state index < -0.39 is 0 Å². The van der Waals surface area contributed by atoms with Crippen molar-refractivity contribution in [2.24, 2.45) is 0 Å². The third kappa shape index (κ3) is 3.54. The molecule has 2 heterocycles. The minimum absolute atomic E-state index is 0.312. The zero-order valence-electron chi connectivity index (χ0n) is 13.1. The van der Waals surface area contributed by atoms with Gasteiger partial charge in [-0.25, -0.2) is 9.97 Å². The van der Waals surface area contributed by atoms with E-state index in [9.17, 15) is 0 Å². The van der Waals surface area contributed by atoms with Crippen molar-refractivity contribution in [3.05, 3.63) is 47.5 Å². The number of hydrogen-bond donors (Lipinski definition) is 1. The molecule has 0 spiro atoms. The normalized spacial score (nSPS) is 12.8. The molecule has 3 aromatic rings. The van der Waals surface area contributed by atoms with Crippen molar-refractivity contribution in [1.82, 2.24) is 19.9 Å². The monoisotopic (exact) mass is 314 g/mol. The first-order valence-corrected chi connectivity index (χ1v) is 8.62. The van der Waals surface area contributed by atoms with Gasteiger partial charge in [0.05, 0.1) is 16.3 Å². The quantitative estimate of drug-likeness (QED) is 0.672. The highest BCUT2D eigenvalue weighted by atomic mass is 32.1. The Morgan fingerprint density at radius 3 is 2.91 bits per heavy atom. The summed E-state index contributed by atoms with van der Waals surface area (Å²) in [5.41, 5.74) is 1.10. The van der Waals surface area contributed by atoms with Gasteiger partial charge in [0, 0.05) is 18.9 Å². The molecule has 1 aromatic carbocycles. The molecule has 4 nitrogen and oxygen atoms in total. The van der Waals surface area contributed by atoms with Crippen LogP contribution in [0.4, 0.5) is 0 Å². The smallest absolute Gasteiger partial charge is 0.111 e. The number of hydrogen-bond acceptors (Lipinski definition) is 4. The van der Waals surface area contributed by atoms with Crippen molar-refractivity contribution in [2.45, 2.75) is 39.3 Å². The number of nitrogens with one attached hydrogen (secondary N) is 1. The van der Waals surface area contributed by atoms with Gasteiger partial charge in [0.1, 0.15) is 10.8 Å². The van der Waals surface area contributed by atoms with E-state index in [2.05, 4.69) is 40.0 Å². The maximum Gasteiger partial charge on any atom is 0.111 e. The van der Waals surface area contributed by atoms with Crippen LogP contribution in [-0.4, -0.2) is 21.1 Å². The zero-order chi connectivity index (χ0) is 15.4. The van der Waals surface area contributed by atoms with Crippen LogP contribution in [0.1, 0.15) is 36.6 Å². The first-order valence-electron chi connectivity index (χ1n) is 7.80. The molecule has 0 bridgehead atoms. The maximum absolute atomic E-state index is 4.71. The summed E-state index contributed by atoms with van der Waals surface area (Å²) >= 11 is 1.78. The van der Waals surface area contributed by atoms with E-state index in [1.54, 1.807) is 11.3 Å². The van der Waals surface area contributed by atoms with Crippen LogP contribution >= 0.6 is 11.3 Å². The van der Waals surface area contributed by atoms with Gasteiger partial charge in [-0.05, 0) is 45.4 Å². The molecule has 0 saturated heterocycles. The van der Waals surface area contributed by atoms with E-state index in [1.807, 2.05) is 25.4 Å². The fourth-order valence-corrected chi connectivity index (χ4v) is 3.52. The van der Waals surface area contributed by atoms with E-state index in [0.717, 1.165) is 37.3 Å². The van der Waals surface area contributed by atoms with Gasteiger partial charge < -0.3 is 9.88 Å². The van der Waals surface area contributed by atoms with E-state index >= 15 is 0 Å². The van der Waals surface area contributed by atoms with Crippen molar-refractivity contribution in [3.8, 4) is 0 Å². The number of benzene rings is 1. The molecule has 0 amide bonds. The lowest BCUT2D eigenvalue weighted by molar-refractivity contribution is 0.519. The molecule has 1 unspecified atom stereocenters. The Hall–Kier alpha value is -1.72. The minimum Gasteiger partial charge on any atom is -0.335 e. The third-order valence-electron chi connectivity index (χ3n) is 3.88. The predicted octanol–water partition coefficient (Wildman–Crippen LogP) is 3.93. The van der Waals surface area contributed by atoms with Crippen LogP contribution < -0.4 is 5.32 Å². The standard InChI is InChI=1S/C17H22N4S/c1-13(17-20-15-7-3-4-8-16(15)22-17)18-9-5-6-11-21-12-10-19-14(21)2/h3-4,7-8,10,12-13,18H,5-6,9,11H2,1-2H3. The number of imidazole rings is 1. The second kappa shape index (κ2) is 7.03. The van der Waals surface area contributed by atoms with Crippen LogP contribution in [0.25, 0.3) is 10.2 Å². The van der Waals surface area contributed by atoms with Gasteiger partial charge in [0.2, 0.25) is 0 Å². The molecule has 5 heteroatoms. The SMILES string of the molecule is Cc1nccn1CCCCNC(C)c1nc2ccccc2s1. The van der Waals surface area contributed by atoms with Gasteiger partial charge in [-0.2, -0.15) is 0 Å². The summed E-state index contributed by atoms with van der Waals surface area (Å²) in [4.78, 5) is 8.95. The molecular formula is C17H22N4S. The molecular weight excluding hydrogens is 292 g/mol. The van der Waals surface area contributed by atoms with Crippen LogP contribution in [0.2, 0.25) is 0 Å². The zero-order valence-corrected chi connectivity index (χ0v) is 13.9. The van der Waals surface area contributed by atoms with E-state index in [0.29, 0.717) is 6.04 Å². The van der Waals surface area contributed by atoms with Gasteiger partial charge in [0.15, 0.2) is 0 Å². The fraction of sp³-hybridized carbons (Fsp3) is 0.412. The molecule has 0 fully saturated rings. The molecule has 2 aromatic heterocycles. The first-order chi connectivity index (χ1) is 10.7. The van der Waals surface area contributed by atoms with E-state index in [1.165, 1.54) is 9.71 Å². The highest BCUT2D eigenvalue weighted by Crippen LogP contribution is 2.25. The summed E-state index contributed by atoms with van der Waals surface area (Å²) in [6, 6.07) is 8.64. The predicted molar refractivity (Wildman–Crippen MR) is 92.2 cm³/mol.